The number of nitrogens with one attached hydrogen (secondary N) is 1. The number of hydrogen-bond donors (Lipinski definition) is 2. The zero-order valence-electron chi connectivity index (χ0n) is 11.1. The van der Waals surface area contributed by atoms with E-state index in [-0.39, 0.29) is 6.61 Å². The van der Waals surface area contributed by atoms with Gasteiger partial charge in [0.15, 0.2) is 0 Å². The molecule has 0 bridgehead atoms. The van der Waals surface area contributed by atoms with Crippen LogP contribution in [0.3, 0.4) is 0 Å². The Balaban J connectivity index is 1.83. The van der Waals surface area contributed by atoms with Gasteiger partial charge >= 0.3 is 6.09 Å². The maximum Gasteiger partial charge on any atom is 0.408 e. The first-order chi connectivity index (χ1) is 9.66. The van der Waals surface area contributed by atoms with Gasteiger partial charge in [0, 0.05) is 6.54 Å². The molecule has 6 nitrogen and oxygen atoms in total. The first-order valence-corrected chi connectivity index (χ1v) is 6.64. The highest BCUT2D eigenvalue weighted by Gasteiger charge is 2.27. The molecule has 1 saturated heterocycles. The van der Waals surface area contributed by atoms with Crippen molar-refractivity contribution in [2.75, 3.05) is 6.54 Å². The van der Waals surface area contributed by atoms with Crippen LogP contribution in [0.1, 0.15) is 24.8 Å². The van der Waals surface area contributed by atoms with Crippen LogP contribution in [0.2, 0.25) is 0 Å². The minimum Gasteiger partial charge on any atom is -0.445 e. The Morgan fingerprint density at radius 1 is 1.35 bits per heavy atom. The third-order valence-corrected chi connectivity index (χ3v) is 3.17. The zero-order valence-corrected chi connectivity index (χ0v) is 11.1. The Hall–Kier alpha value is -2.08. The van der Waals surface area contributed by atoms with Crippen LogP contribution in [0.4, 0.5) is 4.79 Å². The normalized spacial score (nSPS) is 19.4. The minimum atomic E-state index is -0.717. The van der Waals surface area contributed by atoms with E-state index < -0.39 is 18.0 Å². The van der Waals surface area contributed by atoms with E-state index in [9.17, 15) is 14.8 Å². The minimum absolute atomic E-state index is 0.149. The molecule has 20 heavy (non-hydrogen) atoms. The van der Waals surface area contributed by atoms with Crippen molar-refractivity contribution in [3.8, 4) is 0 Å². The molecule has 1 aliphatic rings. The first-order valence-electron chi connectivity index (χ1n) is 6.64. The van der Waals surface area contributed by atoms with Crippen molar-refractivity contribution in [2.45, 2.75) is 31.9 Å². The predicted octanol–water partition coefficient (Wildman–Crippen LogP) is 1.68. The number of amides is 2. The monoisotopic (exact) mass is 278 g/mol. The van der Waals surface area contributed by atoms with Crippen LogP contribution < -0.4 is 5.32 Å². The van der Waals surface area contributed by atoms with E-state index in [0.29, 0.717) is 18.0 Å². The van der Waals surface area contributed by atoms with Crippen molar-refractivity contribution in [3.05, 3.63) is 35.9 Å². The second-order valence-electron chi connectivity index (χ2n) is 4.72. The number of hydrogen-bond acceptors (Lipinski definition) is 4. The third-order valence-electron chi connectivity index (χ3n) is 3.17. The number of alkyl carbamates (subject to hydrolysis) is 1. The van der Waals surface area contributed by atoms with E-state index in [4.69, 9.17) is 4.74 Å². The number of benzene rings is 1. The summed E-state index contributed by atoms with van der Waals surface area (Å²) in [5.74, 6) is -0.487. The Bertz CT molecular complexity index is 464. The molecule has 1 aromatic carbocycles. The van der Waals surface area contributed by atoms with Gasteiger partial charge in [-0.3, -0.25) is 10.0 Å². The molecular formula is C14H18N2O4. The fourth-order valence-electron chi connectivity index (χ4n) is 2.06. The summed E-state index contributed by atoms with van der Waals surface area (Å²) < 4.78 is 5.05. The van der Waals surface area contributed by atoms with Crippen molar-refractivity contribution in [1.29, 1.82) is 0 Å². The van der Waals surface area contributed by atoms with E-state index in [1.807, 2.05) is 30.3 Å². The van der Waals surface area contributed by atoms with Gasteiger partial charge in [-0.2, -0.15) is 0 Å². The number of rotatable bonds is 3. The van der Waals surface area contributed by atoms with Crippen LogP contribution in [0.5, 0.6) is 0 Å². The lowest BCUT2D eigenvalue weighted by molar-refractivity contribution is -0.166. The van der Waals surface area contributed by atoms with Crippen molar-refractivity contribution in [1.82, 2.24) is 10.4 Å². The lowest BCUT2D eigenvalue weighted by Crippen LogP contribution is -2.46. The van der Waals surface area contributed by atoms with E-state index in [0.717, 1.165) is 18.4 Å². The highest BCUT2D eigenvalue weighted by molar-refractivity contribution is 5.85. The lowest BCUT2D eigenvalue weighted by atomic mass is 10.1. The summed E-state index contributed by atoms with van der Waals surface area (Å²) in [5.41, 5.74) is 0.874. The van der Waals surface area contributed by atoms with Gasteiger partial charge < -0.3 is 10.1 Å². The smallest absolute Gasteiger partial charge is 0.408 e. The Morgan fingerprint density at radius 3 is 2.85 bits per heavy atom. The molecule has 2 rings (SSSR count). The molecule has 0 saturated carbocycles. The third kappa shape index (κ3) is 3.96. The summed E-state index contributed by atoms with van der Waals surface area (Å²) in [6, 6.07) is 8.57. The molecule has 1 atom stereocenters. The highest BCUT2D eigenvalue weighted by atomic mass is 16.5. The zero-order chi connectivity index (χ0) is 14.4. The molecule has 0 radical (unpaired) electrons. The number of hydroxylamine groups is 2. The van der Waals surface area contributed by atoms with Gasteiger partial charge in [-0.05, 0) is 24.8 Å². The topological polar surface area (TPSA) is 78.9 Å². The molecule has 1 fully saturated rings. The van der Waals surface area contributed by atoms with Crippen LogP contribution in [-0.2, 0) is 16.1 Å². The van der Waals surface area contributed by atoms with E-state index in [1.165, 1.54) is 0 Å². The van der Waals surface area contributed by atoms with Crippen molar-refractivity contribution < 1.29 is 19.5 Å². The molecule has 0 spiro atoms. The average molecular weight is 278 g/mol. The highest BCUT2D eigenvalue weighted by Crippen LogP contribution is 2.11. The van der Waals surface area contributed by atoms with Gasteiger partial charge in [-0.1, -0.05) is 30.3 Å². The maximum atomic E-state index is 11.8. The fraction of sp³-hybridized carbons (Fsp3) is 0.429. The van der Waals surface area contributed by atoms with Crippen LogP contribution in [0.25, 0.3) is 0 Å². The second kappa shape index (κ2) is 6.91. The largest absolute Gasteiger partial charge is 0.445 e. The molecule has 1 aromatic rings. The van der Waals surface area contributed by atoms with Crippen LogP contribution in [-0.4, -0.2) is 34.9 Å². The van der Waals surface area contributed by atoms with Crippen molar-refractivity contribution >= 4 is 12.0 Å². The first kappa shape index (κ1) is 14.3. The quantitative estimate of drug-likeness (QED) is 0.825. The Kier molecular flexibility index (Phi) is 4.95. The summed E-state index contributed by atoms with van der Waals surface area (Å²) in [6.45, 7) is 0.451. The molecule has 0 aromatic heterocycles. The van der Waals surface area contributed by atoms with Gasteiger partial charge in [0.2, 0.25) is 0 Å². The summed E-state index contributed by atoms with van der Waals surface area (Å²) >= 11 is 0. The van der Waals surface area contributed by atoms with Gasteiger partial charge in [0.05, 0.1) is 0 Å². The van der Waals surface area contributed by atoms with Gasteiger partial charge in [0.1, 0.15) is 12.6 Å². The van der Waals surface area contributed by atoms with Crippen LogP contribution in [0.15, 0.2) is 30.3 Å². The van der Waals surface area contributed by atoms with Gasteiger partial charge in [-0.15, -0.1) is 0 Å². The standard InChI is InChI=1S/C14H18N2O4/c17-13-12(8-4-5-9-16(13)19)15-14(18)20-10-11-6-2-1-3-7-11/h1-3,6-7,12,19H,4-5,8-10H2,(H,15,18)/t12-/m0/s1. The van der Waals surface area contributed by atoms with Crippen LogP contribution >= 0.6 is 0 Å². The van der Waals surface area contributed by atoms with E-state index in [1.54, 1.807) is 0 Å². The predicted molar refractivity (Wildman–Crippen MR) is 70.9 cm³/mol. The SMILES string of the molecule is O=C(N[C@H]1CCCCN(O)C1=O)OCc1ccccc1. The van der Waals surface area contributed by atoms with Gasteiger partial charge in [-0.25, -0.2) is 9.86 Å². The number of carbonyl (C=O) groups is 2. The fourth-order valence-corrected chi connectivity index (χ4v) is 2.06. The van der Waals surface area contributed by atoms with E-state index in [2.05, 4.69) is 5.32 Å². The molecule has 2 N–H and O–H groups in total. The summed E-state index contributed by atoms with van der Waals surface area (Å²) in [5, 5.41) is 12.6. The molecule has 2 amide bonds. The molecule has 6 heteroatoms. The molecular weight excluding hydrogens is 260 g/mol. The second-order valence-corrected chi connectivity index (χ2v) is 4.72. The number of carbonyl (C=O) groups excluding carboxylic acids is 2. The molecule has 0 aliphatic carbocycles. The lowest BCUT2D eigenvalue weighted by Gasteiger charge is -2.18. The number of ether oxygens (including phenoxy) is 1. The van der Waals surface area contributed by atoms with E-state index >= 15 is 0 Å². The summed E-state index contributed by atoms with van der Waals surface area (Å²) in [7, 11) is 0. The number of nitrogens with zero attached hydrogens (tertiary/aromatic N) is 1. The van der Waals surface area contributed by atoms with Gasteiger partial charge in [0.25, 0.3) is 5.91 Å². The van der Waals surface area contributed by atoms with Crippen molar-refractivity contribution in [3.63, 3.8) is 0 Å². The molecule has 1 heterocycles. The molecule has 108 valence electrons. The van der Waals surface area contributed by atoms with Crippen LogP contribution in [0, 0.1) is 0 Å². The average Bonchev–Trinajstić information content (AvgIpc) is 2.62. The summed E-state index contributed by atoms with van der Waals surface area (Å²) in [6.07, 6.45) is 1.35. The summed E-state index contributed by atoms with van der Waals surface area (Å²) in [4.78, 5) is 23.4. The maximum absolute atomic E-state index is 11.8. The molecule has 1 aliphatic heterocycles. The Labute approximate surface area is 117 Å². The van der Waals surface area contributed by atoms with Crippen molar-refractivity contribution in [2.24, 2.45) is 0 Å². The molecule has 0 unspecified atom stereocenters. The Morgan fingerprint density at radius 2 is 2.10 bits per heavy atom.